The van der Waals surface area contributed by atoms with Crippen LogP contribution in [0, 0.1) is 5.82 Å². The summed E-state index contributed by atoms with van der Waals surface area (Å²) in [4.78, 5) is 3.86. The number of hydrogen-bond acceptors (Lipinski definition) is 3. The number of rotatable bonds is 2. The second-order valence-corrected chi connectivity index (χ2v) is 3.61. The monoisotopic (exact) mass is 184 g/mol. The average Bonchev–Trinajstić information content (AvgIpc) is 2.09. The maximum atomic E-state index is 13.2. The van der Waals surface area contributed by atoms with E-state index in [0.717, 1.165) is 0 Å². The van der Waals surface area contributed by atoms with Gasteiger partial charge in [0.25, 0.3) is 0 Å². The van der Waals surface area contributed by atoms with Gasteiger partial charge < -0.3 is 10.8 Å². The Morgan fingerprint density at radius 1 is 1.54 bits per heavy atom. The summed E-state index contributed by atoms with van der Waals surface area (Å²) < 4.78 is 13.2. The van der Waals surface area contributed by atoms with Gasteiger partial charge in [-0.15, -0.1) is 0 Å². The third-order valence-corrected chi connectivity index (χ3v) is 1.90. The second kappa shape index (κ2) is 3.30. The van der Waals surface area contributed by atoms with Gasteiger partial charge in [0.2, 0.25) is 0 Å². The molecule has 0 atom stereocenters. The van der Waals surface area contributed by atoms with Crippen molar-refractivity contribution in [1.82, 2.24) is 4.98 Å². The SMILES string of the molecule is CC(C)(CO)c1nc(N)ccc1F. The summed E-state index contributed by atoms with van der Waals surface area (Å²) in [7, 11) is 0. The molecule has 1 aromatic heterocycles. The number of anilines is 1. The van der Waals surface area contributed by atoms with Crippen molar-refractivity contribution in [2.24, 2.45) is 0 Å². The standard InChI is InChI=1S/C9H13FN2O/c1-9(2,5-13)8-6(10)3-4-7(11)12-8/h3-4,13H,5H2,1-2H3,(H2,11,12). The molecular weight excluding hydrogens is 171 g/mol. The molecule has 0 amide bonds. The highest BCUT2D eigenvalue weighted by molar-refractivity contribution is 5.32. The largest absolute Gasteiger partial charge is 0.395 e. The molecule has 1 aromatic rings. The molecule has 0 saturated heterocycles. The number of nitrogens with zero attached hydrogens (tertiary/aromatic N) is 1. The van der Waals surface area contributed by atoms with E-state index >= 15 is 0 Å². The Balaban J connectivity index is 3.20. The highest BCUT2D eigenvalue weighted by Gasteiger charge is 2.25. The lowest BCUT2D eigenvalue weighted by Crippen LogP contribution is -2.25. The van der Waals surface area contributed by atoms with E-state index in [1.807, 2.05) is 0 Å². The van der Waals surface area contributed by atoms with Crippen LogP contribution in [0.2, 0.25) is 0 Å². The van der Waals surface area contributed by atoms with Gasteiger partial charge in [-0.1, -0.05) is 13.8 Å². The van der Waals surface area contributed by atoms with Gasteiger partial charge in [0.1, 0.15) is 11.6 Å². The number of halogens is 1. The number of aliphatic hydroxyl groups excluding tert-OH is 1. The fraction of sp³-hybridized carbons (Fsp3) is 0.444. The van der Waals surface area contributed by atoms with Crippen molar-refractivity contribution < 1.29 is 9.50 Å². The Hall–Kier alpha value is -1.16. The quantitative estimate of drug-likeness (QED) is 0.722. The van der Waals surface area contributed by atoms with Gasteiger partial charge >= 0.3 is 0 Å². The lowest BCUT2D eigenvalue weighted by molar-refractivity contribution is 0.211. The van der Waals surface area contributed by atoms with Crippen LogP contribution in [-0.4, -0.2) is 16.7 Å². The molecule has 0 radical (unpaired) electrons. The first kappa shape index (κ1) is 9.92. The fourth-order valence-corrected chi connectivity index (χ4v) is 1.01. The highest BCUT2D eigenvalue weighted by atomic mass is 19.1. The maximum Gasteiger partial charge on any atom is 0.145 e. The minimum absolute atomic E-state index is 0.166. The Kier molecular flexibility index (Phi) is 2.52. The normalized spacial score (nSPS) is 11.7. The number of aromatic nitrogens is 1. The molecule has 3 N–H and O–H groups in total. The molecule has 72 valence electrons. The molecule has 13 heavy (non-hydrogen) atoms. The molecular formula is C9H13FN2O. The minimum atomic E-state index is -0.695. The van der Waals surface area contributed by atoms with Crippen molar-refractivity contribution in [3.63, 3.8) is 0 Å². The van der Waals surface area contributed by atoms with Crippen molar-refractivity contribution in [3.8, 4) is 0 Å². The van der Waals surface area contributed by atoms with E-state index in [9.17, 15) is 4.39 Å². The molecule has 0 aliphatic rings. The first-order valence-corrected chi connectivity index (χ1v) is 4.01. The van der Waals surface area contributed by atoms with Gasteiger partial charge in [0, 0.05) is 5.41 Å². The highest BCUT2D eigenvalue weighted by Crippen LogP contribution is 2.23. The zero-order valence-electron chi connectivity index (χ0n) is 7.71. The van der Waals surface area contributed by atoms with E-state index in [1.165, 1.54) is 12.1 Å². The molecule has 0 bridgehead atoms. The first-order valence-electron chi connectivity index (χ1n) is 4.01. The molecule has 0 aromatic carbocycles. The number of nitrogens with two attached hydrogens (primary N) is 1. The molecule has 1 rings (SSSR count). The Morgan fingerprint density at radius 2 is 2.15 bits per heavy atom. The topological polar surface area (TPSA) is 59.1 Å². The van der Waals surface area contributed by atoms with Crippen LogP contribution in [0.1, 0.15) is 19.5 Å². The van der Waals surface area contributed by atoms with Crippen molar-refractivity contribution >= 4 is 5.82 Å². The fourth-order valence-electron chi connectivity index (χ4n) is 1.01. The molecule has 1 heterocycles. The number of nitrogen functional groups attached to an aromatic ring is 1. The first-order chi connectivity index (χ1) is 5.97. The van der Waals surface area contributed by atoms with E-state index in [2.05, 4.69) is 4.98 Å². The molecule has 3 nitrogen and oxygen atoms in total. The molecule has 0 aliphatic carbocycles. The number of aliphatic hydroxyl groups is 1. The predicted molar refractivity (Wildman–Crippen MR) is 48.7 cm³/mol. The maximum absolute atomic E-state index is 13.2. The van der Waals surface area contributed by atoms with Crippen molar-refractivity contribution in [3.05, 3.63) is 23.6 Å². The summed E-state index contributed by atoms with van der Waals surface area (Å²) in [5.74, 6) is -0.175. The van der Waals surface area contributed by atoms with Gasteiger partial charge in [0.05, 0.1) is 12.3 Å². The minimum Gasteiger partial charge on any atom is -0.395 e. The molecule has 0 saturated carbocycles. The van der Waals surface area contributed by atoms with Crippen molar-refractivity contribution in [1.29, 1.82) is 0 Å². The second-order valence-electron chi connectivity index (χ2n) is 3.61. The van der Waals surface area contributed by atoms with Crippen LogP contribution in [0.4, 0.5) is 10.2 Å². The number of pyridine rings is 1. The van der Waals surface area contributed by atoms with Crippen LogP contribution < -0.4 is 5.73 Å². The van der Waals surface area contributed by atoms with Crippen molar-refractivity contribution in [2.45, 2.75) is 19.3 Å². The van der Waals surface area contributed by atoms with Gasteiger partial charge in [-0.3, -0.25) is 0 Å². The number of hydrogen-bond donors (Lipinski definition) is 2. The van der Waals surface area contributed by atoms with Crippen LogP contribution >= 0.6 is 0 Å². The van der Waals surface area contributed by atoms with E-state index < -0.39 is 11.2 Å². The molecule has 0 fully saturated rings. The zero-order chi connectivity index (χ0) is 10.1. The van der Waals surface area contributed by atoms with E-state index in [0.29, 0.717) is 0 Å². The summed E-state index contributed by atoms with van der Waals surface area (Å²) in [6.07, 6.45) is 0. The summed E-state index contributed by atoms with van der Waals surface area (Å²) in [5.41, 5.74) is 4.93. The van der Waals surface area contributed by atoms with E-state index in [-0.39, 0.29) is 18.1 Å². The van der Waals surface area contributed by atoms with Crippen LogP contribution in [0.25, 0.3) is 0 Å². The van der Waals surface area contributed by atoms with Gasteiger partial charge in [-0.25, -0.2) is 9.37 Å². The summed E-state index contributed by atoms with van der Waals surface area (Å²) in [5, 5.41) is 9.02. The van der Waals surface area contributed by atoms with E-state index in [4.69, 9.17) is 10.8 Å². The molecule has 0 aliphatic heterocycles. The van der Waals surface area contributed by atoms with Gasteiger partial charge in [-0.2, -0.15) is 0 Å². The van der Waals surface area contributed by atoms with E-state index in [1.54, 1.807) is 13.8 Å². The predicted octanol–water partition coefficient (Wildman–Crippen LogP) is 1.07. The molecule has 4 heteroatoms. The van der Waals surface area contributed by atoms with Crippen LogP contribution in [0.15, 0.2) is 12.1 Å². The third-order valence-electron chi connectivity index (χ3n) is 1.90. The smallest absolute Gasteiger partial charge is 0.145 e. The summed E-state index contributed by atoms with van der Waals surface area (Å²) in [6, 6.07) is 2.65. The van der Waals surface area contributed by atoms with Crippen LogP contribution in [-0.2, 0) is 5.41 Å². The zero-order valence-corrected chi connectivity index (χ0v) is 7.71. The Bertz CT molecular complexity index is 312. The van der Waals surface area contributed by atoms with Crippen LogP contribution in [0.3, 0.4) is 0 Å². The molecule has 0 spiro atoms. The lowest BCUT2D eigenvalue weighted by Gasteiger charge is -2.21. The average molecular weight is 184 g/mol. The lowest BCUT2D eigenvalue weighted by atomic mass is 9.89. The molecule has 0 unspecified atom stereocenters. The summed E-state index contributed by atoms with van der Waals surface area (Å²) in [6.45, 7) is 3.25. The van der Waals surface area contributed by atoms with Crippen molar-refractivity contribution in [2.75, 3.05) is 12.3 Å². The third kappa shape index (κ3) is 1.95. The Labute approximate surface area is 76.4 Å². The van der Waals surface area contributed by atoms with Gasteiger partial charge in [-0.05, 0) is 12.1 Å². The Morgan fingerprint density at radius 3 is 2.69 bits per heavy atom. The summed E-state index contributed by atoms with van der Waals surface area (Å²) >= 11 is 0. The van der Waals surface area contributed by atoms with Gasteiger partial charge in [0.15, 0.2) is 0 Å². The van der Waals surface area contributed by atoms with Crippen LogP contribution in [0.5, 0.6) is 0 Å².